The summed E-state index contributed by atoms with van der Waals surface area (Å²) in [5.41, 5.74) is 3.80. The predicted octanol–water partition coefficient (Wildman–Crippen LogP) is 0.479. The summed E-state index contributed by atoms with van der Waals surface area (Å²) in [6.45, 7) is 0. The van der Waals surface area contributed by atoms with Crippen molar-refractivity contribution in [2.24, 2.45) is 17.7 Å². The van der Waals surface area contributed by atoms with Crippen LogP contribution in [0.4, 0.5) is 11.4 Å². The Morgan fingerprint density at radius 3 is 1.79 bits per heavy atom. The van der Waals surface area contributed by atoms with Crippen LogP contribution in [0.2, 0.25) is 0 Å². The van der Waals surface area contributed by atoms with E-state index < -0.39 is 27.4 Å². The van der Waals surface area contributed by atoms with Gasteiger partial charge in [-0.3, -0.25) is 24.5 Å². The minimum absolute atomic E-state index is 0. The first kappa shape index (κ1) is 26.0. The van der Waals surface area contributed by atoms with E-state index in [1.54, 1.807) is 24.3 Å². The van der Waals surface area contributed by atoms with Crippen LogP contribution in [0, 0.1) is 11.8 Å². The van der Waals surface area contributed by atoms with E-state index in [0.29, 0.717) is 5.69 Å². The van der Waals surface area contributed by atoms with Crippen molar-refractivity contribution >= 4 is 51.2 Å². The predicted molar refractivity (Wildman–Crippen MR) is 109 cm³/mol. The van der Waals surface area contributed by atoms with Gasteiger partial charge in [-0.05, 0) is 37.1 Å². The average molecular weight is 436 g/mol. The number of nitrogen functional groups attached to an aromatic ring is 1. The summed E-state index contributed by atoms with van der Waals surface area (Å²) in [5, 5.41) is 0. The molecule has 2 atom stereocenters. The molecular weight excluding hydrogens is 410 g/mol. The zero-order valence-corrected chi connectivity index (χ0v) is 17.3. The fourth-order valence-electron chi connectivity index (χ4n) is 3.18. The van der Waals surface area contributed by atoms with Gasteiger partial charge in [0, 0.05) is 24.6 Å². The first-order valence-corrected chi connectivity index (χ1v) is 10.1. The number of benzene rings is 1. The van der Waals surface area contributed by atoms with Gasteiger partial charge in [0.25, 0.3) is 5.78 Å². The van der Waals surface area contributed by atoms with Crippen molar-refractivity contribution in [3.63, 3.8) is 0 Å². The third kappa shape index (κ3) is 5.74. The zero-order valence-electron chi connectivity index (χ0n) is 15.7. The molecule has 0 aliphatic heterocycles. The third-order valence-corrected chi connectivity index (χ3v) is 5.99. The quantitative estimate of drug-likeness (QED) is 0.396. The molecule has 0 amide bonds. The van der Waals surface area contributed by atoms with Crippen molar-refractivity contribution in [1.82, 2.24) is 0 Å². The van der Waals surface area contributed by atoms with Crippen LogP contribution in [0.3, 0.4) is 0 Å². The number of ketones is 3. The molecule has 3 rings (SSSR count). The van der Waals surface area contributed by atoms with Crippen molar-refractivity contribution in [2.45, 2.75) is 25.7 Å². The molecule has 0 radical (unpaired) electrons. The van der Waals surface area contributed by atoms with Crippen molar-refractivity contribution < 1.29 is 28.3 Å². The SMILES string of the molecule is CN(c1ccc(NN)cc1)S(C)(=O)=O.Cl.O.O=C1C(=O)C2CCCCC2C1=O. The Morgan fingerprint density at radius 1 is 1.00 bits per heavy atom. The highest BCUT2D eigenvalue weighted by Gasteiger charge is 2.48. The number of nitrogens with zero attached hydrogens (tertiary/aromatic N) is 1. The number of halogens is 1. The van der Waals surface area contributed by atoms with Crippen LogP contribution in [-0.4, -0.2) is 44.5 Å². The molecule has 2 unspecified atom stereocenters. The van der Waals surface area contributed by atoms with E-state index in [9.17, 15) is 22.8 Å². The van der Waals surface area contributed by atoms with Crippen LogP contribution in [-0.2, 0) is 24.4 Å². The zero-order chi connectivity index (χ0) is 19.5. The topological polar surface area (TPSA) is 158 Å². The van der Waals surface area contributed by atoms with Gasteiger partial charge in [-0.1, -0.05) is 12.8 Å². The Kier molecular flexibility index (Phi) is 9.76. The van der Waals surface area contributed by atoms with Gasteiger partial charge in [0.2, 0.25) is 21.6 Å². The number of anilines is 2. The number of hydrazine groups is 1. The largest absolute Gasteiger partial charge is 0.412 e. The van der Waals surface area contributed by atoms with E-state index in [2.05, 4.69) is 5.43 Å². The molecule has 2 aliphatic carbocycles. The normalized spacial score (nSPS) is 20.8. The number of fused-ring (bicyclic) bond motifs is 1. The lowest BCUT2D eigenvalue weighted by atomic mass is 9.81. The second-order valence-corrected chi connectivity index (χ2v) is 8.49. The molecule has 5 N–H and O–H groups in total. The van der Waals surface area contributed by atoms with Crippen LogP contribution < -0.4 is 15.6 Å². The molecule has 0 heterocycles. The maximum Gasteiger partial charge on any atom is 0.264 e. The summed E-state index contributed by atoms with van der Waals surface area (Å²) in [6.07, 6.45) is 4.59. The van der Waals surface area contributed by atoms with Crippen molar-refractivity contribution in [3.05, 3.63) is 24.3 Å². The standard InChI is InChI=1S/C9H10O3.C8H13N3O2S.ClH.H2O/c10-7-5-3-1-2-4-6(5)8(11)9(7)12;1-11(14(2,12)13)8-5-3-7(10-9)4-6-8;;/h5-6H,1-4H2;3-6,10H,9H2,1-2H3;1H;1H2. The molecule has 1 aromatic carbocycles. The number of Topliss-reactive ketones (excluding diaryl/α,β-unsaturated/α-hetero) is 3. The summed E-state index contributed by atoms with van der Waals surface area (Å²) in [5.74, 6) is 3.08. The maximum absolute atomic E-state index is 11.2. The fraction of sp³-hybridized carbons (Fsp3) is 0.471. The third-order valence-electron chi connectivity index (χ3n) is 4.78. The summed E-state index contributed by atoms with van der Waals surface area (Å²) >= 11 is 0. The fourth-order valence-corrected chi connectivity index (χ4v) is 3.68. The molecule has 0 spiro atoms. The van der Waals surface area contributed by atoms with E-state index in [4.69, 9.17) is 5.84 Å². The highest BCUT2D eigenvalue weighted by atomic mass is 35.5. The van der Waals surface area contributed by atoms with Crippen molar-refractivity contribution in [2.75, 3.05) is 23.0 Å². The molecule has 2 fully saturated rings. The molecule has 28 heavy (non-hydrogen) atoms. The Hall–Kier alpha value is -2.01. The van der Waals surface area contributed by atoms with E-state index in [1.807, 2.05) is 0 Å². The van der Waals surface area contributed by atoms with Gasteiger partial charge in [-0.25, -0.2) is 8.42 Å². The minimum atomic E-state index is -3.19. The van der Waals surface area contributed by atoms with Gasteiger partial charge in [0.15, 0.2) is 0 Å². The number of nitrogens with two attached hydrogens (primary N) is 1. The van der Waals surface area contributed by atoms with Crippen LogP contribution in [0.1, 0.15) is 25.7 Å². The number of rotatable bonds is 3. The highest BCUT2D eigenvalue weighted by Crippen LogP contribution is 2.36. The van der Waals surface area contributed by atoms with Crippen LogP contribution in [0.5, 0.6) is 0 Å². The average Bonchev–Trinajstić information content (AvgIpc) is 2.86. The van der Waals surface area contributed by atoms with Gasteiger partial charge in [-0.15, -0.1) is 12.4 Å². The summed E-state index contributed by atoms with van der Waals surface area (Å²) in [4.78, 5) is 33.3. The molecule has 0 bridgehead atoms. The molecule has 158 valence electrons. The van der Waals surface area contributed by atoms with Crippen molar-refractivity contribution in [3.8, 4) is 0 Å². The van der Waals surface area contributed by atoms with Crippen LogP contribution >= 0.6 is 12.4 Å². The lowest BCUT2D eigenvalue weighted by Gasteiger charge is -2.20. The highest BCUT2D eigenvalue weighted by molar-refractivity contribution is 7.92. The van der Waals surface area contributed by atoms with E-state index in [0.717, 1.165) is 37.6 Å². The maximum atomic E-state index is 11.2. The Balaban J connectivity index is 0.000000489. The monoisotopic (exact) mass is 435 g/mol. The Morgan fingerprint density at radius 2 is 1.43 bits per heavy atom. The number of hydrogen-bond acceptors (Lipinski definition) is 7. The lowest BCUT2D eigenvalue weighted by molar-refractivity contribution is -0.141. The van der Waals surface area contributed by atoms with Gasteiger partial charge in [0.1, 0.15) is 0 Å². The van der Waals surface area contributed by atoms with Gasteiger partial charge >= 0.3 is 0 Å². The number of nitrogens with one attached hydrogen (secondary N) is 1. The number of carbonyl (C=O) groups is 3. The molecule has 0 aromatic heterocycles. The smallest absolute Gasteiger partial charge is 0.264 e. The molecule has 0 saturated heterocycles. The molecular formula is C17H26ClN3O6S. The summed E-state index contributed by atoms with van der Waals surface area (Å²) in [7, 11) is -1.69. The second kappa shape index (κ2) is 10.5. The number of hydrogen-bond donors (Lipinski definition) is 2. The number of sulfonamides is 1. The van der Waals surface area contributed by atoms with Crippen LogP contribution in [0.25, 0.3) is 0 Å². The summed E-state index contributed by atoms with van der Waals surface area (Å²) in [6, 6.07) is 6.76. The molecule has 9 nitrogen and oxygen atoms in total. The van der Waals surface area contributed by atoms with E-state index >= 15 is 0 Å². The second-order valence-electron chi connectivity index (χ2n) is 6.48. The lowest BCUT2D eigenvalue weighted by Crippen LogP contribution is -2.24. The van der Waals surface area contributed by atoms with E-state index in [1.165, 1.54) is 11.4 Å². The molecule has 11 heteroatoms. The summed E-state index contributed by atoms with van der Waals surface area (Å²) < 4.78 is 23.5. The van der Waals surface area contributed by atoms with Crippen LogP contribution in [0.15, 0.2) is 24.3 Å². The van der Waals surface area contributed by atoms with Crippen molar-refractivity contribution in [1.29, 1.82) is 0 Å². The molecule has 2 aliphatic rings. The first-order chi connectivity index (χ1) is 12.2. The molecule has 2 saturated carbocycles. The van der Waals surface area contributed by atoms with Gasteiger partial charge in [0.05, 0.1) is 11.9 Å². The Bertz CT molecular complexity index is 787. The number of carbonyl (C=O) groups excluding carboxylic acids is 3. The van der Waals surface area contributed by atoms with E-state index in [-0.39, 0.29) is 29.7 Å². The Labute approximate surface area is 170 Å². The first-order valence-electron chi connectivity index (χ1n) is 8.29. The minimum Gasteiger partial charge on any atom is -0.412 e. The molecule has 1 aromatic rings. The van der Waals surface area contributed by atoms with Gasteiger partial charge < -0.3 is 10.9 Å². The van der Waals surface area contributed by atoms with Gasteiger partial charge in [-0.2, -0.15) is 0 Å².